The fraction of sp³-hybridized carbons (Fsp3) is 0.562. The van der Waals surface area contributed by atoms with Crippen molar-refractivity contribution in [3.05, 3.63) is 35.9 Å². The van der Waals surface area contributed by atoms with Gasteiger partial charge in [0.15, 0.2) is 0 Å². The van der Waals surface area contributed by atoms with E-state index in [2.05, 4.69) is 19.1 Å². The van der Waals surface area contributed by atoms with Crippen molar-refractivity contribution in [3.63, 3.8) is 0 Å². The molecule has 1 aromatic rings. The van der Waals surface area contributed by atoms with Crippen molar-refractivity contribution >= 4 is 5.91 Å². The van der Waals surface area contributed by atoms with Crippen molar-refractivity contribution in [1.82, 2.24) is 4.90 Å². The Balaban J connectivity index is 1.93. The summed E-state index contributed by atoms with van der Waals surface area (Å²) in [6.07, 6.45) is 3.17. The Morgan fingerprint density at radius 2 is 2.05 bits per heavy atom. The minimum absolute atomic E-state index is 0.186. The maximum atomic E-state index is 12.5. The fourth-order valence-electron chi connectivity index (χ4n) is 2.61. The average molecular weight is 260 g/mol. The average Bonchev–Trinajstić information content (AvgIpc) is 3.24. The second-order valence-corrected chi connectivity index (χ2v) is 5.33. The van der Waals surface area contributed by atoms with E-state index in [1.54, 1.807) is 0 Å². The molecule has 0 aliphatic heterocycles. The zero-order valence-corrected chi connectivity index (χ0v) is 11.7. The number of nitrogens with two attached hydrogens (primary N) is 1. The molecule has 1 aliphatic carbocycles. The van der Waals surface area contributed by atoms with Crippen molar-refractivity contribution in [3.8, 4) is 0 Å². The highest BCUT2D eigenvalue weighted by Gasteiger charge is 2.45. The molecule has 0 heterocycles. The Hall–Kier alpha value is -1.35. The lowest BCUT2D eigenvalue weighted by Gasteiger charge is -2.22. The smallest absolute Gasteiger partial charge is 0.226 e. The van der Waals surface area contributed by atoms with Crippen molar-refractivity contribution in [1.29, 1.82) is 0 Å². The van der Waals surface area contributed by atoms with Gasteiger partial charge >= 0.3 is 0 Å². The van der Waals surface area contributed by atoms with Gasteiger partial charge in [-0.25, -0.2) is 0 Å². The molecule has 2 atom stereocenters. The number of amides is 1. The predicted molar refractivity (Wildman–Crippen MR) is 77.8 cm³/mol. The summed E-state index contributed by atoms with van der Waals surface area (Å²) < 4.78 is 0. The van der Waals surface area contributed by atoms with Gasteiger partial charge in [-0.15, -0.1) is 0 Å². The summed E-state index contributed by atoms with van der Waals surface area (Å²) in [5, 5.41) is 0. The number of carbonyl (C=O) groups excluding carboxylic acids is 1. The molecule has 1 amide bonds. The molecule has 1 saturated carbocycles. The van der Waals surface area contributed by atoms with Crippen LogP contribution in [-0.4, -0.2) is 30.4 Å². The summed E-state index contributed by atoms with van der Waals surface area (Å²) in [5.41, 5.74) is 6.91. The molecular weight excluding hydrogens is 236 g/mol. The molecule has 1 aliphatic rings. The lowest BCUT2D eigenvalue weighted by molar-refractivity contribution is -0.132. The van der Waals surface area contributed by atoms with Crippen molar-refractivity contribution in [2.45, 2.75) is 32.1 Å². The topological polar surface area (TPSA) is 46.3 Å². The molecule has 0 bridgehead atoms. The van der Waals surface area contributed by atoms with Crippen LogP contribution in [0.25, 0.3) is 0 Å². The van der Waals surface area contributed by atoms with E-state index in [9.17, 15) is 4.79 Å². The first kappa shape index (κ1) is 14.1. The molecule has 1 fully saturated rings. The van der Waals surface area contributed by atoms with Gasteiger partial charge in [-0.3, -0.25) is 4.79 Å². The van der Waals surface area contributed by atoms with Crippen LogP contribution in [0.1, 0.15) is 37.7 Å². The van der Waals surface area contributed by atoms with Crippen LogP contribution in [0.4, 0.5) is 0 Å². The first-order valence-corrected chi connectivity index (χ1v) is 7.31. The van der Waals surface area contributed by atoms with Crippen LogP contribution < -0.4 is 5.73 Å². The Morgan fingerprint density at radius 1 is 1.32 bits per heavy atom. The Kier molecular flexibility index (Phi) is 4.97. The largest absolute Gasteiger partial charge is 0.341 e. The molecule has 0 aromatic heterocycles. The number of hydrogen-bond donors (Lipinski definition) is 1. The van der Waals surface area contributed by atoms with Gasteiger partial charge in [-0.05, 0) is 24.3 Å². The standard InChI is InChI=1S/C16H24N2O/c1-2-3-10-18(11-9-17)16(19)15-12-14(15)13-7-5-4-6-8-13/h4-8,14-15H,2-3,9-12,17H2,1H3. The van der Waals surface area contributed by atoms with Gasteiger partial charge in [0.2, 0.25) is 5.91 Å². The molecule has 2 rings (SSSR count). The SMILES string of the molecule is CCCCN(CCN)C(=O)C1CC1c1ccccc1. The Morgan fingerprint density at radius 3 is 2.68 bits per heavy atom. The summed E-state index contributed by atoms with van der Waals surface area (Å²) in [6, 6.07) is 10.4. The van der Waals surface area contributed by atoms with Gasteiger partial charge in [0.1, 0.15) is 0 Å². The molecule has 3 nitrogen and oxygen atoms in total. The van der Waals surface area contributed by atoms with Crippen LogP contribution in [-0.2, 0) is 4.79 Å². The molecule has 2 unspecified atom stereocenters. The number of hydrogen-bond acceptors (Lipinski definition) is 2. The molecule has 0 radical (unpaired) electrons. The molecule has 0 spiro atoms. The van der Waals surface area contributed by atoms with Crippen molar-refractivity contribution in [2.24, 2.45) is 11.7 Å². The van der Waals surface area contributed by atoms with Crippen LogP contribution >= 0.6 is 0 Å². The predicted octanol–water partition coefficient (Wildman–Crippen LogP) is 2.38. The fourth-order valence-corrected chi connectivity index (χ4v) is 2.61. The second-order valence-electron chi connectivity index (χ2n) is 5.33. The third-order valence-corrected chi connectivity index (χ3v) is 3.83. The van der Waals surface area contributed by atoms with Gasteiger partial charge in [-0.2, -0.15) is 0 Å². The van der Waals surface area contributed by atoms with E-state index < -0.39 is 0 Å². The molecule has 3 heteroatoms. The zero-order chi connectivity index (χ0) is 13.7. The van der Waals surface area contributed by atoms with Gasteiger partial charge in [0, 0.05) is 25.6 Å². The number of unbranched alkanes of at least 4 members (excludes halogenated alkanes) is 1. The highest BCUT2D eigenvalue weighted by atomic mass is 16.2. The highest BCUT2D eigenvalue weighted by molar-refractivity contribution is 5.83. The van der Waals surface area contributed by atoms with Gasteiger partial charge in [0.05, 0.1) is 0 Å². The normalized spacial score (nSPS) is 21.2. The molecular formula is C16H24N2O. The van der Waals surface area contributed by atoms with Gasteiger partial charge < -0.3 is 10.6 Å². The van der Waals surface area contributed by atoms with Crippen LogP contribution in [0.15, 0.2) is 30.3 Å². The lowest BCUT2D eigenvalue weighted by atomic mass is 10.1. The highest BCUT2D eigenvalue weighted by Crippen LogP contribution is 2.48. The third kappa shape index (κ3) is 3.57. The van der Waals surface area contributed by atoms with Crippen LogP contribution in [0, 0.1) is 5.92 Å². The zero-order valence-electron chi connectivity index (χ0n) is 11.7. The summed E-state index contributed by atoms with van der Waals surface area (Å²) in [6.45, 7) is 4.24. The van der Waals surface area contributed by atoms with Crippen LogP contribution in [0.5, 0.6) is 0 Å². The molecule has 104 valence electrons. The maximum Gasteiger partial charge on any atom is 0.226 e. The first-order valence-electron chi connectivity index (χ1n) is 7.31. The van der Waals surface area contributed by atoms with E-state index in [1.807, 2.05) is 23.1 Å². The van der Waals surface area contributed by atoms with Crippen molar-refractivity contribution in [2.75, 3.05) is 19.6 Å². The molecule has 0 saturated heterocycles. The third-order valence-electron chi connectivity index (χ3n) is 3.83. The minimum Gasteiger partial charge on any atom is -0.341 e. The summed E-state index contributed by atoms with van der Waals surface area (Å²) in [7, 11) is 0. The Bertz CT molecular complexity index is 404. The minimum atomic E-state index is 0.186. The van der Waals surface area contributed by atoms with E-state index in [4.69, 9.17) is 5.73 Å². The quantitative estimate of drug-likeness (QED) is 0.818. The van der Waals surface area contributed by atoms with Gasteiger partial charge in [-0.1, -0.05) is 43.7 Å². The summed E-state index contributed by atoms with van der Waals surface area (Å²) >= 11 is 0. The Labute approximate surface area is 115 Å². The maximum absolute atomic E-state index is 12.5. The summed E-state index contributed by atoms with van der Waals surface area (Å²) in [4.78, 5) is 14.4. The number of benzene rings is 1. The first-order chi connectivity index (χ1) is 9.27. The summed E-state index contributed by atoms with van der Waals surface area (Å²) in [5.74, 6) is 0.911. The molecule has 2 N–H and O–H groups in total. The van der Waals surface area contributed by atoms with E-state index >= 15 is 0 Å². The molecule has 1 aromatic carbocycles. The monoisotopic (exact) mass is 260 g/mol. The lowest BCUT2D eigenvalue weighted by Crippen LogP contribution is -2.37. The second kappa shape index (κ2) is 6.71. The van der Waals surface area contributed by atoms with E-state index in [0.717, 1.165) is 25.8 Å². The van der Waals surface area contributed by atoms with Gasteiger partial charge in [0.25, 0.3) is 0 Å². The number of carbonyl (C=O) groups is 1. The van der Waals surface area contributed by atoms with E-state index in [0.29, 0.717) is 24.9 Å². The number of rotatable bonds is 7. The number of nitrogens with zero attached hydrogens (tertiary/aromatic N) is 1. The van der Waals surface area contributed by atoms with Crippen LogP contribution in [0.3, 0.4) is 0 Å². The van der Waals surface area contributed by atoms with Crippen LogP contribution in [0.2, 0.25) is 0 Å². The van der Waals surface area contributed by atoms with E-state index in [1.165, 1.54) is 5.56 Å². The van der Waals surface area contributed by atoms with Crippen molar-refractivity contribution < 1.29 is 4.79 Å². The van der Waals surface area contributed by atoms with E-state index in [-0.39, 0.29) is 5.92 Å². The molecule has 19 heavy (non-hydrogen) atoms.